The summed E-state index contributed by atoms with van der Waals surface area (Å²) in [5.41, 5.74) is 5.89. The van der Waals surface area contributed by atoms with Gasteiger partial charge in [-0.05, 0) is 36.5 Å². The Bertz CT molecular complexity index is 1200. The van der Waals surface area contributed by atoms with Crippen LogP contribution in [-0.2, 0) is 4.74 Å². The number of nitrogens with zero attached hydrogens (tertiary/aromatic N) is 3. The molecule has 4 heteroatoms. The summed E-state index contributed by atoms with van der Waals surface area (Å²) < 4.78 is 8.59. The quantitative estimate of drug-likeness (QED) is 0.408. The van der Waals surface area contributed by atoms with Crippen LogP contribution in [0.15, 0.2) is 72.9 Å². The lowest BCUT2D eigenvalue weighted by atomic mass is 9.98. The second-order valence-electron chi connectivity index (χ2n) is 7.71. The van der Waals surface area contributed by atoms with Gasteiger partial charge in [0.25, 0.3) is 0 Å². The maximum absolute atomic E-state index is 9.52. The van der Waals surface area contributed by atoms with Crippen LogP contribution in [0.25, 0.3) is 33.4 Å². The van der Waals surface area contributed by atoms with E-state index in [-0.39, 0.29) is 6.23 Å². The molecule has 0 saturated carbocycles. The van der Waals surface area contributed by atoms with Crippen molar-refractivity contribution in [1.29, 1.82) is 5.26 Å². The van der Waals surface area contributed by atoms with Crippen molar-refractivity contribution < 1.29 is 4.74 Å². The Morgan fingerprint density at radius 2 is 1.67 bits per heavy atom. The minimum atomic E-state index is -0.0666. The number of pyridine rings is 1. The van der Waals surface area contributed by atoms with Crippen molar-refractivity contribution in [2.24, 2.45) is 0 Å². The zero-order valence-electron chi connectivity index (χ0n) is 16.8. The average molecular weight is 393 g/mol. The lowest BCUT2D eigenvalue weighted by molar-refractivity contribution is 0.0109. The van der Waals surface area contributed by atoms with Gasteiger partial charge in [0.2, 0.25) is 0 Å². The Labute approximate surface area is 176 Å². The van der Waals surface area contributed by atoms with E-state index in [1.54, 1.807) is 6.20 Å². The van der Waals surface area contributed by atoms with Gasteiger partial charge >= 0.3 is 0 Å². The van der Waals surface area contributed by atoms with Gasteiger partial charge < -0.3 is 4.74 Å². The van der Waals surface area contributed by atoms with Crippen LogP contribution in [0.2, 0.25) is 0 Å². The highest BCUT2D eigenvalue weighted by Gasteiger charge is 2.27. The van der Waals surface area contributed by atoms with E-state index in [2.05, 4.69) is 59.2 Å². The van der Waals surface area contributed by atoms with E-state index in [4.69, 9.17) is 9.72 Å². The molecule has 30 heavy (non-hydrogen) atoms. The second-order valence-corrected chi connectivity index (χ2v) is 7.71. The summed E-state index contributed by atoms with van der Waals surface area (Å²) in [5, 5.41) is 10.5. The van der Waals surface area contributed by atoms with Gasteiger partial charge in [0.05, 0.1) is 11.3 Å². The summed E-state index contributed by atoms with van der Waals surface area (Å²) >= 11 is 0. The number of aromatic nitrogens is 2. The second kappa shape index (κ2) is 8.14. The largest absolute Gasteiger partial charge is 0.358 e. The molecule has 5 rings (SSSR count). The summed E-state index contributed by atoms with van der Waals surface area (Å²) in [6.07, 6.45) is 5.97. The van der Waals surface area contributed by atoms with Crippen LogP contribution in [-0.4, -0.2) is 16.2 Å². The lowest BCUT2D eigenvalue weighted by Crippen LogP contribution is -2.14. The molecular weight excluding hydrogens is 370 g/mol. The van der Waals surface area contributed by atoms with Crippen LogP contribution in [0.5, 0.6) is 0 Å². The van der Waals surface area contributed by atoms with Crippen molar-refractivity contribution in [3.8, 4) is 28.5 Å². The summed E-state index contributed by atoms with van der Waals surface area (Å²) in [6, 6.07) is 25.0. The van der Waals surface area contributed by atoms with Gasteiger partial charge in [0.15, 0.2) is 0 Å². The highest BCUT2D eigenvalue weighted by molar-refractivity contribution is 6.03. The van der Waals surface area contributed by atoms with Gasteiger partial charge in [-0.2, -0.15) is 5.26 Å². The van der Waals surface area contributed by atoms with E-state index < -0.39 is 0 Å². The molecule has 0 N–H and O–H groups in total. The normalized spacial score (nSPS) is 16.8. The molecular formula is C26H23N3O. The SMILES string of the molecule is N#Cc1cnc2c(c1)c(-c1ccccc1)c(-c1ccccc1)n2C1CCCCCO1. The monoisotopic (exact) mass is 393 g/mol. The summed E-state index contributed by atoms with van der Waals surface area (Å²) in [6.45, 7) is 0.759. The number of benzene rings is 2. The third-order valence-corrected chi connectivity index (χ3v) is 5.77. The molecule has 0 aliphatic carbocycles. The van der Waals surface area contributed by atoms with E-state index in [1.165, 1.54) is 6.42 Å². The molecule has 1 saturated heterocycles. The first kappa shape index (κ1) is 18.6. The third-order valence-electron chi connectivity index (χ3n) is 5.77. The summed E-state index contributed by atoms with van der Waals surface area (Å²) in [4.78, 5) is 4.75. The Hall–Kier alpha value is -3.42. The number of hydrogen-bond acceptors (Lipinski definition) is 3. The first-order chi connectivity index (χ1) is 14.9. The van der Waals surface area contributed by atoms with Gasteiger partial charge in [0, 0.05) is 23.8 Å². The van der Waals surface area contributed by atoms with Crippen LogP contribution >= 0.6 is 0 Å². The van der Waals surface area contributed by atoms with Crippen LogP contribution in [0.4, 0.5) is 0 Å². The fourth-order valence-electron chi connectivity index (χ4n) is 4.41. The fraction of sp³-hybridized carbons (Fsp3) is 0.231. The molecule has 2 aromatic heterocycles. The lowest BCUT2D eigenvalue weighted by Gasteiger charge is -2.21. The minimum Gasteiger partial charge on any atom is -0.358 e. The molecule has 2 aromatic carbocycles. The third kappa shape index (κ3) is 3.28. The zero-order valence-corrected chi connectivity index (χ0v) is 16.8. The predicted octanol–water partition coefficient (Wildman–Crippen LogP) is 6.33. The minimum absolute atomic E-state index is 0.0666. The molecule has 4 nitrogen and oxygen atoms in total. The molecule has 0 amide bonds. The van der Waals surface area contributed by atoms with E-state index >= 15 is 0 Å². The molecule has 0 radical (unpaired) electrons. The topological polar surface area (TPSA) is 50.8 Å². The van der Waals surface area contributed by atoms with Crippen LogP contribution in [0.3, 0.4) is 0 Å². The van der Waals surface area contributed by atoms with E-state index in [0.29, 0.717) is 5.56 Å². The molecule has 3 heterocycles. The van der Waals surface area contributed by atoms with Gasteiger partial charge in [-0.3, -0.25) is 4.57 Å². The summed E-state index contributed by atoms with van der Waals surface area (Å²) in [5.74, 6) is 0. The Balaban J connectivity index is 1.88. The number of ether oxygens (including phenoxy) is 1. The number of rotatable bonds is 3. The molecule has 0 bridgehead atoms. The van der Waals surface area contributed by atoms with Crippen molar-refractivity contribution in [3.63, 3.8) is 0 Å². The van der Waals surface area contributed by atoms with E-state index in [9.17, 15) is 5.26 Å². The summed E-state index contributed by atoms with van der Waals surface area (Å²) in [7, 11) is 0. The standard InChI is InChI=1S/C26H23N3O/c27-17-19-16-22-24(20-10-4-1-5-11-20)25(21-12-6-2-7-13-21)29(26(22)28-18-19)23-14-8-3-9-15-30-23/h1-2,4-7,10-13,16,18,23H,3,8-9,14-15H2. The van der Waals surface area contributed by atoms with Crippen LogP contribution < -0.4 is 0 Å². The van der Waals surface area contributed by atoms with Crippen molar-refractivity contribution in [1.82, 2.24) is 9.55 Å². The Kier molecular flexibility index (Phi) is 5.04. The van der Waals surface area contributed by atoms with Gasteiger partial charge in [-0.25, -0.2) is 4.98 Å². The fourth-order valence-corrected chi connectivity index (χ4v) is 4.41. The van der Waals surface area contributed by atoms with Crippen LogP contribution in [0, 0.1) is 11.3 Å². The molecule has 4 aromatic rings. The van der Waals surface area contributed by atoms with E-state index in [0.717, 1.165) is 59.3 Å². The highest BCUT2D eigenvalue weighted by Crippen LogP contribution is 2.43. The maximum Gasteiger partial charge on any atom is 0.143 e. The first-order valence-corrected chi connectivity index (χ1v) is 10.5. The maximum atomic E-state index is 9.52. The van der Waals surface area contributed by atoms with Crippen molar-refractivity contribution in [2.75, 3.05) is 6.61 Å². The molecule has 1 atom stereocenters. The van der Waals surface area contributed by atoms with Gasteiger partial charge in [0.1, 0.15) is 17.9 Å². The Morgan fingerprint density at radius 3 is 2.40 bits per heavy atom. The predicted molar refractivity (Wildman–Crippen MR) is 119 cm³/mol. The molecule has 1 fully saturated rings. The number of nitriles is 1. The molecule has 1 unspecified atom stereocenters. The number of fused-ring (bicyclic) bond motifs is 1. The highest BCUT2D eigenvalue weighted by atomic mass is 16.5. The van der Waals surface area contributed by atoms with E-state index in [1.807, 2.05) is 18.2 Å². The van der Waals surface area contributed by atoms with Crippen molar-refractivity contribution in [3.05, 3.63) is 78.5 Å². The number of hydrogen-bond donors (Lipinski definition) is 0. The molecule has 1 aliphatic heterocycles. The van der Waals surface area contributed by atoms with Gasteiger partial charge in [-0.1, -0.05) is 67.1 Å². The zero-order chi connectivity index (χ0) is 20.3. The van der Waals surface area contributed by atoms with Crippen molar-refractivity contribution >= 4 is 11.0 Å². The van der Waals surface area contributed by atoms with Crippen molar-refractivity contribution in [2.45, 2.75) is 31.9 Å². The average Bonchev–Trinajstić information content (AvgIpc) is 2.94. The van der Waals surface area contributed by atoms with Crippen LogP contribution in [0.1, 0.15) is 37.5 Å². The van der Waals surface area contributed by atoms with Gasteiger partial charge in [-0.15, -0.1) is 0 Å². The smallest absolute Gasteiger partial charge is 0.143 e. The molecule has 148 valence electrons. The Morgan fingerprint density at radius 1 is 0.933 bits per heavy atom. The first-order valence-electron chi connectivity index (χ1n) is 10.5. The molecule has 1 aliphatic rings. The molecule has 0 spiro atoms.